The zero-order chi connectivity index (χ0) is 8.91. The lowest BCUT2D eigenvalue weighted by atomic mass is 10.2. The summed E-state index contributed by atoms with van der Waals surface area (Å²) in [7, 11) is -2.40. The quantitative estimate of drug-likeness (QED) is 0.484. The molecule has 1 unspecified atom stereocenters. The van der Waals surface area contributed by atoms with E-state index in [1.54, 1.807) is 20.8 Å². The van der Waals surface area contributed by atoms with Gasteiger partial charge in [-0.1, -0.05) is 5.92 Å². The van der Waals surface area contributed by atoms with Crippen molar-refractivity contribution in [1.29, 1.82) is 0 Å². The lowest BCUT2D eigenvalue weighted by Crippen LogP contribution is -2.17. The van der Waals surface area contributed by atoms with Gasteiger partial charge in [0.25, 0.3) is 0 Å². The van der Waals surface area contributed by atoms with Crippen LogP contribution in [0.3, 0.4) is 0 Å². The van der Waals surface area contributed by atoms with E-state index in [0.29, 0.717) is 6.61 Å². The van der Waals surface area contributed by atoms with Crippen LogP contribution in [-0.2, 0) is 13.6 Å². The topological polar surface area (TPSA) is 35.5 Å². The van der Waals surface area contributed by atoms with Gasteiger partial charge in [0.1, 0.15) is 5.60 Å². The van der Waals surface area contributed by atoms with Crippen LogP contribution < -0.4 is 0 Å². The van der Waals surface area contributed by atoms with Crippen LogP contribution >= 0.6 is 8.25 Å². The van der Waals surface area contributed by atoms with E-state index in [-0.39, 0.29) is 0 Å². The van der Waals surface area contributed by atoms with Crippen molar-refractivity contribution in [2.45, 2.75) is 26.4 Å². The average molecular weight is 176 g/mol. The van der Waals surface area contributed by atoms with Gasteiger partial charge in [-0.2, -0.15) is 0 Å². The first kappa shape index (κ1) is 10.7. The van der Waals surface area contributed by atoms with Crippen LogP contribution in [0.5, 0.6) is 0 Å². The van der Waals surface area contributed by atoms with E-state index in [1.807, 2.05) is 0 Å². The smallest absolute Gasteiger partial charge is 0.311 e. The van der Waals surface area contributed by atoms with Crippen molar-refractivity contribution >= 4 is 8.25 Å². The zero-order valence-electron chi connectivity index (χ0n) is 7.01. The van der Waals surface area contributed by atoms with E-state index in [9.17, 15) is 4.57 Å². The molecule has 0 aliphatic rings. The third kappa shape index (κ3) is 5.03. The molecule has 3 nitrogen and oxygen atoms in total. The minimum Gasteiger partial charge on any atom is -0.311 e. The van der Waals surface area contributed by atoms with Gasteiger partial charge in [0.05, 0.1) is 6.61 Å². The first-order valence-electron chi connectivity index (χ1n) is 3.35. The van der Waals surface area contributed by atoms with Crippen molar-refractivity contribution in [1.82, 2.24) is 0 Å². The summed E-state index contributed by atoms with van der Waals surface area (Å²) in [5.74, 6) is 2.35. The molecular weight excluding hydrogens is 163 g/mol. The highest BCUT2D eigenvalue weighted by molar-refractivity contribution is 7.33. The molecule has 0 amide bonds. The Hall–Kier alpha value is -0.290. The number of hydrogen-bond donors (Lipinski definition) is 0. The molecule has 0 rings (SSSR count). The van der Waals surface area contributed by atoms with Crippen LogP contribution in [0.4, 0.5) is 0 Å². The van der Waals surface area contributed by atoms with Gasteiger partial charge in [-0.25, -0.2) is 0 Å². The Bertz CT molecular complexity index is 181. The average Bonchev–Trinajstić information content (AvgIpc) is 1.87. The van der Waals surface area contributed by atoms with Gasteiger partial charge in [-0.15, -0.1) is 6.42 Å². The Labute approximate surface area is 68.0 Å². The van der Waals surface area contributed by atoms with Crippen LogP contribution in [-0.4, -0.2) is 12.2 Å². The molecule has 0 aliphatic carbocycles. The van der Waals surface area contributed by atoms with Crippen molar-refractivity contribution in [3.05, 3.63) is 0 Å². The van der Waals surface area contributed by atoms with Crippen LogP contribution in [0.15, 0.2) is 0 Å². The second-order valence-electron chi connectivity index (χ2n) is 2.44. The van der Waals surface area contributed by atoms with Gasteiger partial charge in [0.2, 0.25) is 0 Å². The Morgan fingerprint density at radius 1 is 1.64 bits per heavy atom. The molecular formula is C7H13O3P. The van der Waals surface area contributed by atoms with Crippen LogP contribution in [0.25, 0.3) is 0 Å². The molecule has 0 aliphatic heterocycles. The monoisotopic (exact) mass is 176 g/mol. The Balaban J connectivity index is 3.86. The Morgan fingerprint density at radius 2 is 2.18 bits per heavy atom. The lowest BCUT2D eigenvalue weighted by molar-refractivity contribution is 0.143. The van der Waals surface area contributed by atoms with Gasteiger partial charge < -0.3 is 4.52 Å². The molecule has 0 saturated heterocycles. The fourth-order valence-corrected chi connectivity index (χ4v) is 1.16. The summed E-state index contributed by atoms with van der Waals surface area (Å²) in [5.41, 5.74) is -0.800. The number of hydrogen-bond acceptors (Lipinski definition) is 3. The van der Waals surface area contributed by atoms with E-state index >= 15 is 0 Å². The summed E-state index contributed by atoms with van der Waals surface area (Å²) in [4.78, 5) is 0. The van der Waals surface area contributed by atoms with Gasteiger partial charge >= 0.3 is 8.25 Å². The normalized spacial score (nSPS) is 14.0. The highest BCUT2D eigenvalue weighted by Crippen LogP contribution is 2.30. The molecule has 4 heteroatoms. The highest BCUT2D eigenvalue weighted by atomic mass is 31.1. The Kier molecular flexibility index (Phi) is 4.44. The molecule has 0 fully saturated rings. The summed E-state index contributed by atoms with van der Waals surface area (Å²) in [6.45, 7) is 5.44. The summed E-state index contributed by atoms with van der Waals surface area (Å²) in [6, 6.07) is 0. The molecule has 0 radical (unpaired) electrons. The van der Waals surface area contributed by atoms with E-state index in [1.165, 1.54) is 0 Å². The molecule has 0 aromatic rings. The summed E-state index contributed by atoms with van der Waals surface area (Å²) in [5, 5.41) is 0. The zero-order valence-corrected chi connectivity index (χ0v) is 8.01. The molecule has 64 valence electrons. The SMILES string of the molecule is C#CC(C)(C)O[PH](=O)OCC. The van der Waals surface area contributed by atoms with E-state index < -0.39 is 13.9 Å². The lowest BCUT2D eigenvalue weighted by Gasteiger charge is -2.16. The second-order valence-corrected chi connectivity index (χ2v) is 3.43. The molecule has 0 N–H and O–H groups in total. The third-order valence-corrected chi connectivity index (χ3v) is 2.15. The summed E-state index contributed by atoms with van der Waals surface area (Å²) < 4.78 is 20.5. The Morgan fingerprint density at radius 3 is 2.55 bits per heavy atom. The van der Waals surface area contributed by atoms with Gasteiger partial charge in [0.15, 0.2) is 0 Å². The second kappa shape index (κ2) is 4.56. The van der Waals surface area contributed by atoms with Crippen LogP contribution in [0, 0.1) is 12.3 Å². The van der Waals surface area contributed by atoms with Crippen molar-refractivity contribution in [3.63, 3.8) is 0 Å². The third-order valence-electron chi connectivity index (χ3n) is 0.948. The standard InChI is InChI=1S/C7H13O3P/c1-5-7(3,4)10-11(8)9-6-2/h1,11H,6H2,2-4H3. The van der Waals surface area contributed by atoms with Gasteiger partial charge in [-0.05, 0) is 20.8 Å². The largest absolute Gasteiger partial charge is 0.320 e. The first-order chi connectivity index (χ1) is 5.02. The fourth-order valence-electron chi connectivity index (χ4n) is 0.385. The van der Waals surface area contributed by atoms with Crippen LogP contribution in [0.2, 0.25) is 0 Å². The maximum absolute atomic E-state index is 10.9. The summed E-state index contributed by atoms with van der Waals surface area (Å²) in [6.07, 6.45) is 5.10. The van der Waals surface area contributed by atoms with Crippen molar-refractivity contribution in [2.24, 2.45) is 0 Å². The fraction of sp³-hybridized carbons (Fsp3) is 0.714. The summed E-state index contributed by atoms with van der Waals surface area (Å²) >= 11 is 0. The first-order valence-corrected chi connectivity index (χ1v) is 4.58. The minimum absolute atomic E-state index is 0.373. The maximum atomic E-state index is 10.9. The molecule has 0 heterocycles. The van der Waals surface area contributed by atoms with Crippen molar-refractivity contribution < 1.29 is 13.6 Å². The molecule has 11 heavy (non-hydrogen) atoms. The van der Waals surface area contributed by atoms with E-state index in [0.717, 1.165) is 0 Å². The molecule has 0 aromatic heterocycles. The molecule has 0 saturated carbocycles. The predicted octanol–water partition coefficient (Wildman–Crippen LogP) is 1.84. The van der Waals surface area contributed by atoms with Crippen molar-refractivity contribution in [2.75, 3.05) is 6.61 Å². The van der Waals surface area contributed by atoms with Crippen molar-refractivity contribution in [3.8, 4) is 12.3 Å². The number of terminal acetylenes is 1. The minimum atomic E-state index is -2.40. The maximum Gasteiger partial charge on any atom is 0.320 e. The van der Waals surface area contributed by atoms with E-state index in [2.05, 4.69) is 5.92 Å². The van der Waals surface area contributed by atoms with Gasteiger partial charge in [0, 0.05) is 0 Å². The molecule has 1 atom stereocenters. The molecule has 0 spiro atoms. The number of rotatable bonds is 4. The highest BCUT2D eigenvalue weighted by Gasteiger charge is 2.17. The van der Waals surface area contributed by atoms with Crippen LogP contribution in [0.1, 0.15) is 20.8 Å². The molecule has 0 aromatic carbocycles. The predicted molar refractivity (Wildman–Crippen MR) is 44.6 cm³/mol. The van der Waals surface area contributed by atoms with E-state index in [4.69, 9.17) is 15.5 Å². The molecule has 0 bridgehead atoms. The van der Waals surface area contributed by atoms with Gasteiger partial charge in [-0.3, -0.25) is 9.09 Å².